The summed E-state index contributed by atoms with van der Waals surface area (Å²) in [5.41, 5.74) is 0.514. The molecule has 1 aliphatic rings. The first-order valence-corrected chi connectivity index (χ1v) is 7.23. The maximum atomic E-state index is 11.7. The fraction of sp³-hybridized carbons (Fsp3) is 0.455. The number of nitrogens with one attached hydrogen (secondary N) is 1. The third-order valence-corrected chi connectivity index (χ3v) is 3.86. The monoisotopic (exact) mass is 257 g/mol. The molecule has 0 bridgehead atoms. The summed E-state index contributed by atoms with van der Waals surface area (Å²) in [6.07, 6.45) is 0.752. The second-order valence-electron chi connectivity index (χ2n) is 4.03. The summed E-state index contributed by atoms with van der Waals surface area (Å²) in [4.78, 5) is -0.0336. The van der Waals surface area contributed by atoms with Crippen LogP contribution in [0.5, 0.6) is 5.75 Å². The molecule has 1 unspecified atom stereocenters. The van der Waals surface area contributed by atoms with Gasteiger partial charge in [-0.1, -0.05) is 12.1 Å². The first kappa shape index (κ1) is 12.3. The minimum atomic E-state index is -3.47. The van der Waals surface area contributed by atoms with Gasteiger partial charge in [-0.15, -0.1) is 0 Å². The van der Waals surface area contributed by atoms with E-state index in [1.807, 2.05) is 0 Å². The Morgan fingerprint density at radius 1 is 1.47 bits per heavy atom. The molecule has 2 rings (SSSR count). The van der Waals surface area contributed by atoms with Crippen molar-refractivity contribution in [3.63, 3.8) is 0 Å². The van der Waals surface area contributed by atoms with Crippen LogP contribution in [0.25, 0.3) is 0 Å². The first-order valence-electron chi connectivity index (χ1n) is 5.34. The molecule has 1 saturated heterocycles. The molecule has 1 heterocycles. The van der Waals surface area contributed by atoms with Crippen molar-refractivity contribution in [2.75, 3.05) is 26.0 Å². The van der Waals surface area contributed by atoms with Crippen LogP contribution in [0, 0.1) is 0 Å². The van der Waals surface area contributed by atoms with E-state index in [0.29, 0.717) is 18.7 Å². The van der Waals surface area contributed by atoms with Gasteiger partial charge < -0.3 is 15.2 Å². The number of sulfone groups is 1. The molecule has 17 heavy (non-hydrogen) atoms. The molecular weight excluding hydrogens is 242 g/mol. The van der Waals surface area contributed by atoms with Crippen molar-refractivity contribution < 1.29 is 18.3 Å². The molecule has 6 heteroatoms. The van der Waals surface area contributed by atoms with Crippen LogP contribution >= 0.6 is 0 Å². The lowest BCUT2D eigenvalue weighted by Crippen LogP contribution is -2.34. The molecule has 1 atom stereocenters. The first-order chi connectivity index (χ1) is 8.00. The van der Waals surface area contributed by atoms with Crippen LogP contribution in [0.4, 0.5) is 0 Å². The Morgan fingerprint density at radius 3 is 2.82 bits per heavy atom. The molecule has 1 aromatic rings. The standard InChI is InChI=1S/C11H15NO4S/c1-17(14,15)11-8(3-2-4-9(11)13)10-7-12-5-6-16-10/h2-4,10,12-13H,5-7H2,1H3. The van der Waals surface area contributed by atoms with E-state index in [2.05, 4.69) is 5.32 Å². The Labute approximate surface area is 100 Å². The van der Waals surface area contributed by atoms with Crippen LogP contribution in [0.1, 0.15) is 11.7 Å². The van der Waals surface area contributed by atoms with Crippen molar-refractivity contribution >= 4 is 9.84 Å². The fourth-order valence-corrected chi connectivity index (χ4v) is 3.04. The van der Waals surface area contributed by atoms with Crippen LogP contribution < -0.4 is 5.32 Å². The van der Waals surface area contributed by atoms with E-state index in [-0.39, 0.29) is 16.7 Å². The molecule has 5 nitrogen and oxygen atoms in total. The summed E-state index contributed by atoms with van der Waals surface area (Å²) in [5, 5.41) is 12.8. The molecule has 2 N–H and O–H groups in total. The maximum Gasteiger partial charge on any atom is 0.179 e. The number of morpholine rings is 1. The van der Waals surface area contributed by atoms with Crippen LogP contribution in [0.2, 0.25) is 0 Å². The van der Waals surface area contributed by atoms with Crippen molar-refractivity contribution in [2.45, 2.75) is 11.0 Å². The molecule has 0 amide bonds. The van der Waals surface area contributed by atoms with Crippen molar-refractivity contribution in [3.05, 3.63) is 23.8 Å². The van der Waals surface area contributed by atoms with Crippen molar-refractivity contribution in [3.8, 4) is 5.75 Å². The minimum Gasteiger partial charge on any atom is -0.507 e. The fourth-order valence-electron chi connectivity index (χ4n) is 1.96. The Bertz CT molecular complexity index is 506. The van der Waals surface area contributed by atoms with E-state index in [1.165, 1.54) is 6.07 Å². The van der Waals surface area contributed by atoms with Gasteiger partial charge in [-0.2, -0.15) is 0 Å². The van der Waals surface area contributed by atoms with Gasteiger partial charge in [-0.3, -0.25) is 0 Å². The minimum absolute atomic E-state index is 0.0336. The SMILES string of the molecule is CS(=O)(=O)c1c(O)cccc1C1CNCCO1. The largest absolute Gasteiger partial charge is 0.507 e. The summed E-state index contributed by atoms with van der Waals surface area (Å²) in [6, 6.07) is 4.67. The molecule has 0 radical (unpaired) electrons. The lowest BCUT2D eigenvalue weighted by Gasteiger charge is -2.25. The maximum absolute atomic E-state index is 11.7. The van der Waals surface area contributed by atoms with E-state index >= 15 is 0 Å². The Kier molecular flexibility index (Phi) is 3.37. The summed E-state index contributed by atoms with van der Waals surface area (Å²) in [6.45, 7) is 1.83. The van der Waals surface area contributed by atoms with Gasteiger partial charge in [-0.25, -0.2) is 8.42 Å². The predicted molar refractivity (Wildman–Crippen MR) is 62.8 cm³/mol. The number of hydrogen-bond acceptors (Lipinski definition) is 5. The average molecular weight is 257 g/mol. The molecule has 0 aromatic heterocycles. The summed E-state index contributed by atoms with van der Waals surface area (Å²) in [5.74, 6) is -0.223. The summed E-state index contributed by atoms with van der Waals surface area (Å²) >= 11 is 0. The van der Waals surface area contributed by atoms with Crippen LogP contribution in [0.15, 0.2) is 23.1 Å². The summed E-state index contributed by atoms with van der Waals surface area (Å²) < 4.78 is 28.9. The lowest BCUT2D eigenvalue weighted by molar-refractivity contribution is 0.0258. The molecule has 0 aliphatic carbocycles. The lowest BCUT2D eigenvalue weighted by atomic mass is 10.1. The van der Waals surface area contributed by atoms with Crippen LogP contribution in [-0.4, -0.2) is 39.5 Å². The highest BCUT2D eigenvalue weighted by molar-refractivity contribution is 7.90. The molecule has 1 aliphatic heterocycles. The van der Waals surface area contributed by atoms with Crippen molar-refractivity contribution in [1.29, 1.82) is 0 Å². The highest BCUT2D eigenvalue weighted by atomic mass is 32.2. The normalized spacial score (nSPS) is 21.4. The average Bonchev–Trinajstić information content (AvgIpc) is 2.28. The number of rotatable bonds is 2. The Balaban J connectivity index is 2.49. The second-order valence-corrected chi connectivity index (χ2v) is 5.98. The number of aromatic hydroxyl groups is 1. The number of hydrogen-bond donors (Lipinski definition) is 2. The van der Waals surface area contributed by atoms with Gasteiger partial charge in [0.05, 0.1) is 12.7 Å². The number of phenolic OH excluding ortho intramolecular Hbond substituents is 1. The predicted octanol–water partition coefficient (Wildman–Crippen LogP) is 0.457. The van der Waals surface area contributed by atoms with E-state index in [9.17, 15) is 13.5 Å². The quantitative estimate of drug-likeness (QED) is 0.805. The van der Waals surface area contributed by atoms with Gasteiger partial charge in [0.25, 0.3) is 0 Å². The number of benzene rings is 1. The zero-order chi connectivity index (χ0) is 12.5. The Morgan fingerprint density at radius 2 is 2.24 bits per heavy atom. The Hall–Kier alpha value is -1.11. The van der Waals surface area contributed by atoms with Gasteiger partial charge in [-0.05, 0) is 6.07 Å². The molecular formula is C11H15NO4S. The van der Waals surface area contributed by atoms with Gasteiger partial charge in [0.15, 0.2) is 9.84 Å². The molecule has 0 saturated carbocycles. The zero-order valence-electron chi connectivity index (χ0n) is 9.51. The van der Waals surface area contributed by atoms with Gasteiger partial charge in [0.2, 0.25) is 0 Å². The third kappa shape index (κ3) is 2.59. The highest BCUT2D eigenvalue weighted by Gasteiger charge is 2.25. The van der Waals surface area contributed by atoms with Crippen LogP contribution in [-0.2, 0) is 14.6 Å². The van der Waals surface area contributed by atoms with Gasteiger partial charge in [0.1, 0.15) is 10.6 Å². The smallest absolute Gasteiger partial charge is 0.179 e. The van der Waals surface area contributed by atoms with E-state index < -0.39 is 9.84 Å². The third-order valence-electron chi connectivity index (χ3n) is 2.67. The van der Waals surface area contributed by atoms with Gasteiger partial charge in [0, 0.05) is 24.9 Å². The van der Waals surface area contributed by atoms with Crippen LogP contribution in [0.3, 0.4) is 0 Å². The van der Waals surface area contributed by atoms with E-state index in [0.717, 1.165) is 12.8 Å². The highest BCUT2D eigenvalue weighted by Crippen LogP contribution is 2.32. The van der Waals surface area contributed by atoms with E-state index in [4.69, 9.17) is 4.74 Å². The zero-order valence-corrected chi connectivity index (χ0v) is 10.3. The van der Waals surface area contributed by atoms with Crippen molar-refractivity contribution in [1.82, 2.24) is 5.32 Å². The molecule has 94 valence electrons. The second kappa shape index (κ2) is 4.64. The molecule has 1 fully saturated rings. The molecule has 0 spiro atoms. The number of phenols is 1. The molecule has 1 aromatic carbocycles. The number of ether oxygens (including phenoxy) is 1. The van der Waals surface area contributed by atoms with Crippen molar-refractivity contribution in [2.24, 2.45) is 0 Å². The van der Waals surface area contributed by atoms with Gasteiger partial charge >= 0.3 is 0 Å². The summed E-state index contributed by atoms with van der Waals surface area (Å²) in [7, 11) is -3.47. The topological polar surface area (TPSA) is 75.6 Å². The van der Waals surface area contributed by atoms with E-state index in [1.54, 1.807) is 12.1 Å².